The van der Waals surface area contributed by atoms with Crippen LogP contribution in [0.2, 0.25) is 0 Å². The summed E-state index contributed by atoms with van der Waals surface area (Å²) in [5.74, 6) is -0.267. The van der Waals surface area contributed by atoms with Crippen molar-refractivity contribution in [3.05, 3.63) is 29.6 Å². The van der Waals surface area contributed by atoms with Gasteiger partial charge in [-0.2, -0.15) is 0 Å². The van der Waals surface area contributed by atoms with Crippen molar-refractivity contribution in [3.63, 3.8) is 0 Å². The standard InChI is InChI=1S/C17H24FN3O4S/c1-19(2)17(22)21-7-6-20(14-10-26(23,24)11-15(14)21)9-12-4-5-16(25-3)13(18)8-12/h4-5,8,14-15H,6-7,9-11H2,1-3H3/t14-,15+/m1/s1. The Morgan fingerprint density at radius 1 is 1.27 bits per heavy atom. The zero-order valence-electron chi connectivity index (χ0n) is 15.2. The summed E-state index contributed by atoms with van der Waals surface area (Å²) in [6.07, 6.45) is 0. The van der Waals surface area contributed by atoms with Crippen molar-refractivity contribution >= 4 is 15.9 Å². The second-order valence-corrected chi connectivity index (χ2v) is 9.18. The molecular weight excluding hydrogens is 361 g/mol. The van der Waals surface area contributed by atoms with Crippen molar-refractivity contribution in [2.75, 3.05) is 45.8 Å². The lowest BCUT2D eigenvalue weighted by atomic mass is 10.0. The molecule has 9 heteroatoms. The molecule has 7 nitrogen and oxygen atoms in total. The van der Waals surface area contributed by atoms with Crippen LogP contribution in [0, 0.1) is 5.82 Å². The molecule has 2 atom stereocenters. The first-order valence-corrected chi connectivity index (χ1v) is 10.3. The lowest BCUT2D eigenvalue weighted by molar-refractivity contribution is 0.0520. The number of benzene rings is 1. The Hall–Kier alpha value is -1.87. The van der Waals surface area contributed by atoms with Crippen LogP contribution in [0.15, 0.2) is 18.2 Å². The van der Waals surface area contributed by atoms with Crippen molar-refractivity contribution in [1.29, 1.82) is 0 Å². The third kappa shape index (κ3) is 3.64. The molecule has 0 aliphatic carbocycles. The molecule has 0 radical (unpaired) electrons. The molecule has 2 fully saturated rings. The van der Waals surface area contributed by atoms with Crippen LogP contribution in [0.25, 0.3) is 0 Å². The van der Waals surface area contributed by atoms with Gasteiger partial charge in [0, 0.05) is 39.8 Å². The molecule has 144 valence electrons. The quantitative estimate of drug-likeness (QED) is 0.770. The average molecular weight is 385 g/mol. The van der Waals surface area contributed by atoms with Gasteiger partial charge in [0.15, 0.2) is 21.4 Å². The second-order valence-electron chi connectivity index (χ2n) is 7.02. The van der Waals surface area contributed by atoms with E-state index < -0.39 is 15.7 Å². The summed E-state index contributed by atoms with van der Waals surface area (Å²) < 4.78 is 43.3. The zero-order valence-corrected chi connectivity index (χ0v) is 16.0. The monoisotopic (exact) mass is 385 g/mol. The van der Waals surface area contributed by atoms with Gasteiger partial charge in [-0.25, -0.2) is 17.6 Å². The number of rotatable bonds is 3. The first-order chi connectivity index (χ1) is 12.2. The molecule has 0 spiro atoms. The highest BCUT2D eigenvalue weighted by molar-refractivity contribution is 7.91. The van der Waals surface area contributed by atoms with Gasteiger partial charge in [-0.15, -0.1) is 0 Å². The number of piperazine rings is 1. The van der Waals surface area contributed by atoms with E-state index >= 15 is 0 Å². The second kappa shape index (κ2) is 7.03. The number of fused-ring (bicyclic) bond motifs is 1. The molecule has 3 rings (SSSR count). The third-order valence-electron chi connectivity index (χ3n) is 5.02. The zero-order chi connectivity index (χ0) is 19.1. The van der Waals surface area contributed by atoms with E-state index in [0.29, 0.717) is 19.6 Å². The van der Waals surface area contributed by atoms with Crippen molar-refractivity contribution in [2.45, 2.75) is 18.6 Å². The molecule has 2 heterocycles. The molecule has 0 bridgehead atoms. The first kappa shape index (κ1) is 18.9. The molecule has 2 aliphatic rings. The van der Waals surface area contributed by atoms with Crippen LogP contribution in [0.1, 0.15) is 5.56 Å². The van der Waals surface area contributed by atoms with Gasteiger partial charge >= 0.3 is 6.03 Å². The van der Waals surface area contributed by atoms with Gasteiger partial charge in [0.2, 0.25) is 0 Å². The van der Waals surface area contributed by atoms with Gasteiger partial charge in [-0.3, -0.25) is 4.90 Å². The predicted octanol–water partition coefficient (Wildman–Crippen LogP) is 0.799. The number of amides is 2. The minimum Gasteiger partial charge on any atom is -0.494 e. The van der Waals surface area contributed by atoms with Gasteiger partial charge in [0.1, 0.15) is 0 Å². The Balaban J connectivity index is 1.82. The van der Waals surface area contributed by atoms with Crippen LogP contribution in [-0.4, -0.2) is 87.0 Å². The number of hydrogen-bond acceptors (Lipinski definition) is 5. The average Bonchev–Trinajstić information content (AvgIpc) is 2.90. The highest BCUT2D eigenvalue weighted by atomic mass is 32.2. The minimum atomic E-state index is -3.21. The number of urea groups is 1. The Bertz CT molecular complexity index is 799. The fraction of sp³-hybridized carbons (Fsp3) is 0.588. The summed E-state index contributed by atoms with van der Waals surface area (Å²) in [6.45, 7) is 1.43. The molecule has 0 N–H and O–H groups in total. The highest BCUT2D eigenvalue weighted by Crippen LogP contribution is 2.29. The number of nitrogens with zero attached hydrogens (tertiary/aromatic N) is 3. The Morgan fingerprint density at radius 3 is 2.58 bits per heavy atom. The smallest absolute Gasteiger partial charge is 0.319 e. The van der Waals surface area contributed by atoms with E-state index in [1.807, 2.05) is 4.90 Å². The van der Waals surface area contributed by atoms with Crippen LogP contribution >= 0.6 is 0 Å². The summed E-state index contributed by atoms with van der Waals surface area (Å²) in [7, 11) is 1.52. The maximum Gasteiger partial charge on any atom is 0.319 e. The van der Waals surface area contributed by atoms with Crippen LogP contribution in [-0.2, 0) is 16.4 Å². The summed E-state index contributed by atoms with van der Waals surface area (Å²) in [5.41, 5.74) is 0.749. The molecular formula is C17H24FN3O4S. The van der Waals surface area contributed by atoms with E-state index in [9.17, 15) is 17.6 Å². The first-order valence-electron chi connectivity index (χ1n) is 8.46. The normalized spacial score (nSPS) is 25.0. The molecule has 2 amide bonds. The maximum atomic E-state index is 14.0. The number of sulfone groups is 1. The minimum absolute atomic E-state index is 0.0213. The van der Waals surface area contributed by atoms with Crippen LogP contribution in [0.3, 0.4) is 0 Å². The van der Waals surface area contributed by atoms with Crippen molar-refractivity contribution in [3.8, 4) is 5.75 Å². The number of hydrogen-bond donors (Lipinski definition) is 0. The van der Waals surface area contributed by atoms with Gasteiger partial charge in [0.05, 0.1) is 24.7 Å². The number of halogens is 1. The number of carbonyl (C=O) groups is 1. The lowest BCUT2D eigenvalue weighted by Gasteiger charge is -2.44. The van der Waals surface area contributed by atoms with Crippen molar-refractivity contribution in [1.82, 2.24) is 14.7 Å². The summed E-state index contributed by atoms with van der Waals surface area (Å²) in [4.78, 5) is 17.6. The molecule has 0 aromatic heterocycles. The Labute approximate surface area is 153 Å². The van der Waals surface area contributed by atoms with E-state index in [1.165, 1.54) is 18.1 Å². The SMILES string of the molecule is COc1ccc(CN2CCN(C(=O)N(C)C)[C@H]3CS(=O)(=O)C[C@H]32)cc1F. The molecule has 26 heavy (non-hydrogen) atoms. The summed E-state index contributed by atoms with van der Waals surface area (Å²) in [6, 6.07) is 3.94. The Morgan fingerprint density at radius 2 is 1.96 bits per heavy atom. The largest absolute Gasteiger partial charge is 0.494 e. The Kier molecular flexibility index (Phi) is 5.12. The van der Waals surface area contributed by atoms with Crippen LogP contribution in [0.5, 0.6) is 5.75 Å². The fourth-order valence-electron chi connectivity index (χ4n) is 3.76. The maximum absolute atomic E-state index is 14.0. The lowest BCUT2D eigenvalue weighted by Crippen LogP contribution is -2.61. The van der Waals surface area contributed by atoms with E-state index in [1.54, 1.807) is 31.1 Å². The molecule has 1 aromatic carbocycles. The van der Waals surface area contributed by atoms with Crippen molar-refractivity contribution < 1.29 is 22.3 Å². The number of ether oxygens (including phenoxy) is 1. The van der Waals surface area contributed by atoms with Gasteiger partial charge in [-0.05, 0) is 17.7 Å². The van der Waals surface area contributed by atoms with E-state index in [4.69, 9.17) is 4.74 Å². The van der Waals surface area contributed by atoms with E-state index in [2.05, 4.69) is 0 Å². The number of methoxy groups -OCH3 is 1. The summed E-state index contributed by atoms with van der Waals surface area (Å²) >= 11 is 0. The van der Waals surface area contributed by atoms with Gasteiger partial charge < -0.3 is 14.5 Å². The van der Waals surface area contributed by atoms with Gasteiger partial charge in [0.25, 0.3) is 0 Å². The van der Waals surface area contributed by atoms with Crippen LogP contribution < -0.4 is 4.74 Å². The van der Waals surface area contributed by atoms with E-state index in [-0.39, 0.29) is 35.4 Å². The summed E-state index contributed by atoms with van der Waals surface area (Å²) in [5, 5.41) is 0. The fourth-order valence-corrected chi connectivity index (χ4v) is 5.77. The van der Waals surface area contributed by atoms with Crippen LogP contribution in [0.4, 0.5) is 9.18 Å². The topological polar surface area (TPSA) is 70.2 Å². The van der Waals surface area contributed by atoms with E-state index in [0.717, 1.165) is 5.56 Å². The van der Waals surface area contributed by atoms with Gasteiger partial charge in [-0.1, -0.05) is 6.07 Å². The molecule has 2 saturated heterocycles. The molecule has 1 aromatic rings. The predicted molar refractivity (Wildman–Crippen MR) is 95.4 cm³/mol. The molecule has 0 saturated carbocycles. The number of carbonyl (C=O) groups excluding carboxylic acids is 1. The third-order valence-corrected chi connectivity index (χ3v) is 6.72. The highest BCUT2D eigenvalue weighted by Gasteiger charge is 2.48. The molecule has 2 aliphatic heterocycles. The molecule has 0 unspecified atom stereocenters. The van der Waals surface area contributed by atoms with Crippen molar-refractivity contribution in [2.24, 2.45) is 0 Å².